The summed E-state index contributed by atoms with van der Waals surface area (Å²) >= 11 is 0. The third kappa shape index (κ3) is 3.83. The van der Waals surface area contributed by atoms with E-state index < -0.39 is 0 Å². The number of benzene rings is 1. The Morgan fingerprint density at radius 1 is 1.25 bits per heavy atom. The molecule has 0 bridgehead atoms. The summed E-state index contributed by atoms with van der Waals surface area (Å²) in [7, 11) is 1.66. The van der Waals surface area contributed by atoms with Gasteiger partial charge in [0, 0.05) is 18.7 Å². The first-order valence-electron chi connectivity index (χ1n) is 5.68. The van der Waals surface area contributed by atoms with Gasteiger partial charge in [-0.25, -0.2) is 0 Å². The van der Waals surface area contributed by atoms with Crippen molar-refractivity contribution in [3.8, 4) is 5.75 Å². The van der Waals surface area contributed by atoms with Crippen LogP contribution in [0.3, 0.4) is 0 Å². The summed E-state index contributed by atoms with van der Waals surface area (Å²) in [5.74, 6) is 0.857. The van der Waals surface area contributed by atoms with Gasteiger partial charge in [0.15, 0.2) is 0 Å². The van der Waals surface area contributed by atoms with Crippen LogP contribution in [0.4, 0.5) is 0 Å². The Kier molecular flexibility index (Phi) is 5.29. The van der Waals surface area contributed by atoms with Crippen LogP contribution in [0.15, 0.2) is 24.3 Å². The van der Waals surface area contributed by atoms with Crippen molar-refractivity contribution in [2.75, 3.05) is 13.7 Å². The summed E-state index contributed by atoms with van der Waals surface area (Å²) in [5.41, 5.74) is 1.18. The molecule has 0 spiro atoms. The van der Waals surface area contributed by atoms with E-state index in [1.165, 1.54) is 5.56 Å². The maximum atomic E-state index is 9.05. The van der Waals surface area contributed by atoms with Crippen molar-refractivity contribution in [3.05, 3.63) is 29.8 Å². The summed E-state index contributed by atoms with van der Waals surface area (Å²) in [6, 6.07) is 8.57. The van der Waals surface area contributed by atoms with Gasteiger partial charge < -0.3 is 15.2 Å². The van der Waals surface area contributed by atoms with Crippen LogP contribution in [0, 0.1) is 0 Å². The molecule has 0 saturated carbocycles. The van der Waals surface area contributed by atoms with E-state index in [2.05, 4.69) is 19.2 Å². The minimum atomic E-state index is 0.191. The molecule has 0 aliphatic carbocycles. The highest BCUT2D eigenvalue weighted by Crippen LogP contribution is 2.20. The molecule has 0 fully saturated rings. The van der Waals surface area contributed by atoms with Gasteiger partial charge in [-0.05, 0) is 24.1 Å². The third-order valence-electron chi connectivity index (χ3n) is 2.47. The molecule has 3 heteroatoms. The lowest BCUT2D eigenvalue weighted by Crippen LogP contribution is -2.28. The Morgan fingerprint density at radius 3 is 2.31 bits per heavy atom. The molecule has 0 heterocycles. The van der Waals surface area contributed by atoms with E-state index in [4.69, 9.17) is 9.84 Å². The van der Waals surface area contributed by atoms with Gasteiger partial charge in [0.2, 0.25) is 0 Å². The largest absolute Gasteiger partial charge is 0.497 e. The van der Waals surface area contributed by atoms with E-state index in [0.717, 1.165) is 12.2 Å². The van der Waals surface area contributed by atoms with Crippen molar-refractivity contribution in [1.29, 1.82) is 0 Å². The number of ether oxygens (including phenoxy) is 1. The highest BCUT2D eigenvalue weighted by Gasteiger charge is 2.11. The van der Waals surface area contributed by atoms with E-state index >= 15 is 0 Å². The highest BCUT2D eigenvalue weighted by molar-refractivity contribution is 5.29. The molecule has 1 atom stereocenters. The van der Waals surface area contributed by atoms with E-state index in [1.807, 2.05) is 24.3 Å². The molecule has 16 heavy (non-hydrogen) atoms. The lowest BCUT2D eigenvalue weighted by molar-refractivity contribution is 0.261. The molecule has 3 nitrogen and oxygen atoms in total. The monoisotopic (exact) mass is 223 g/mol. The molecule has 0 aliphatic heterocycles. The van der Waals surface area contributed by atoms with Gasteiger partial charge in [0.25, 0.3) is 0 Å². The zero-order valence-electron chi connectivity index (χ0n) is 10.2. The summed E-state index contributed by atoms with van der Waals surface area (Å²) in [4.78, 5) is 0. The van der Waals surface area contributed by atoms with Crippen molar-refractivity contribution in [2.24, 2.45) is 0 Å². The predicted octanol–water partition coefficient (Wildman–Crippen LogP) is 2.12. The van der Waals surface area contributed by atoms with Crippen LogP contribution in [0.5, 0.6) is 5.75 Å². The van der Waals surface area contributed by atoms with E-state index in [0.29, 0.717) is 6.04 Å². The van der Waals surface area contributed by atoms with E-state index in [9.17, 15) is 0 Å². The van der Waals surface area contributed by atoms with Crippen LogP contribution in [0.2, 0.25) is 0 Å². The Hall–Kier alpha value is -1.06. The second kappa shape index (κ2) is 6.51. The molecular formula is C13H21NO2. The summed E-state index contributed by atoms with van der Waals surface area (Å²) in [5, 5.41) is 12.5. The van der Waals surface area contributed by atoms with Crippen molar-refractivity contribution in [3.63, 3.8) is 0 Å². The average Bonchev–Trinajstić information content (AvgIpc) is 2.28. The normalized spacial score (nSPS) is 12.8. The lowest BCUT2D eigenvalue weighted by atomic mass is 10.0. The number of rotatable bonds is 6. The number of aliphatic hydroxyl groups is 1. The quantitative estimate of drug-likeness (QED) is 0.776. The maximum Gasteiger partial charge on any atom is 0.118 e. The molecule has 0 amide bonds. The lowest BCUT2D eigenvalue weighted by Gasteiger charge is -2.21. The van der Waals surface area contributed by atoms with Gasteiger partial charge >= 0.3 is 0 Å². The Balaban J connectivity index is 2.75. The molecule has 0 aromatic heterocycles. The van der Waals surface area contributed by atoms with Gasteiger partial charge in [0.1, 0.15) is 5.75 Å². The van der Waals surface area contributed by atoms with Gasteiger partial charge in [-0.15, -0.1) is 0 Å². The van der Waals surface area contributed by atoms with Gasteiger partial charge in [-0.2, -0.15) is 0 Å². The second-order valence-electron chi connectivity index (χ2n) is 4.16. The zero-order chi connectivity index (χ0) is 12.0. The highest BCUT2D eigenvalue weighted by atomic mass is 16.5. The number of methoxy groups -OCH3 is 1. The topological polar surface area (TPSA) is 41.5 Å². The van der Waals surface area contributed by atoms with Gasteiger partial charge in [-0.3, -0.25) is 0 Å². The summed E-state index contributed by atoms with van der Waals surface area (Å²) in [6.45, 7) is 4.40. The van der Waals surface area contributed by atoms with Crippen molar-refractivity contribution < 1.29 is 9.84 Å². The molecular weight excluding hydrogens is 202 g/mol. The zero-order valence-corrected chi connectivity index (χ0v) is 10.2. The summed E-state index contributed by atoms with van der Waals surface area (Å²) in [6.07, 6.45) is 0.727. The summed E-state index contributed by atoms with van der Waals surface area (Å²) < 4.78 is 5.12. The molecule has 1 aromatic rings. The van der Waals surface area contributed by atoms with Crippen LogP contribution >= 0.6 is 0 Å². The number of hydrogen-bond acceptors (Lipinski definition) is 3. The van der Waals surface area contributed by atoms with E-state index in [1.54, 1.807) is 7.11 Å². The number of hydrogen-bond donors (Lipinski definition) is 2. The molecule has 0 radical (unpaired) electrons. The van der Waals surface area contributed by atoms with Crippen LogP contribution in [-0.4, -0.2) is 24.9 Å². The SMILES string of the molecule is COc1ccc(C(CCO)NC(C)C)cc1. The standard InChI is InChI=1S/C13H21NO2/c1-10(2)14-13(8-9-15)11-4-6-12(16-3)7-5-11/h4-7,10,13-15H,8-9H2,1-3H3. The molecule has 1 unspecified atom stereocenters. The smallest absolute Gasteiger partial charge is 0.118 e. The first kappa shape index (κ1) is 13.0. The van der Waals surface area contributed by atoms with Crippen molar-refractivity contribution in [2.45, 2.75) is 32.4 Å². The van der Waals surface area contributed by atoms with Crippen molar-refractivity contribution in [1.82, 2.24) is 5.32 Å². The average molecular weight is 223 g/mol. The first-order chi connectivity index (χ1) is 7.67. The molecule has 1 rings (SSSR count). The van der Waals surface area contributed by atoms with Gasteiger partial charge in [0.05, 0.1) is 7.11 Å². The minimum absolute atomic E-state index is 0.191. The van der Waals surface area contributed by atoms with Crippen molar-refractivity contribution >= 4 is 0 Å². The van der Waals surface area contributed by atoms with Crippen LogP contribution in [0.25, 0.3) is 0 Å². The van der Waals surface area contributed by atoms with Crippen LogP contribution in [-0.2, 0) is 0 Å². The fourth-order valence-corrected chi connectivity index (χ4v) is 1.71. The first-order valence-corrected chi connectivity index (χ1v) is 5.68. The number of nitrogens with one attached hydrogen (secondary N) is 1. The molecule has 0 aliphatic rings. The fraction of sp³-hybridized carbons (Fsp3) is 0.538. The van der Waals surface area contributed by atoms with Crippen LogP contribution in [0.1, 0.15) is 31.9 Å². The van der Waals surface area contributed by atoms with E-state index in [-0.39, 0.29) is 12.6 Å². The second-order valence-corrected chi connectivity index (χ2v) is 4.16. The Labute approximate surface area is 97.4 Å². The Morgan fingerprint density at radius 2 is 1.88 bits per heavy atom. The molecule has 90 valence electrons. The fourth-order valence-electron chi connectivity index (χ4n) is 1.71. The molecule has 0 saturated heterocycles. The maximum absolute atomic E-state index is 9.05. The minimum Gasteiger partial charge on any atom is -0.497 e. The third-order valence-corrected chi connectivity index (χ3v) is 2.47. The number of aliphatic hydroxyl groups excluding tert-OH is 1. The molecule has 1 aromatic carbocycles. The van der Waals surface area contributed by atoms with Gasteiger partial charge in [-0.1, -0.05) is 26.0 Å². The van der Waals surface area contributed by atoms with Crippen LogP contribution < -0.4 is 10.1 Å². The molecule has 2 N–H and O–H groups in total. The predicted molar refractivity (Wildman–Crippen MR) is 65.7 cm³/mol. The Bertz CT molecular complexity index is 295.